The van der Waals surface area contributed by atoms with Crippen LogP contribution in [0.5, 0.6) is 0 Å². The molecule has 1 N–H and O–H groups in total. The lowest BCUT2D eigenvalue weighted by Crippen LogP contribution is -2.46. The number of methoxy groups -OCH3 is 1. The molecule has 1 aliphatic heterocycles. The van der Waals surface area contributed by atoms with Crippen LogP contribution < -0.4 is 5.32 Å². The Balaban J connectivity index is 1.82. The molecule has 1 saturated heterocycles. The van der Waals surface area contributed by atoms with E-state index in [1.165, 1.54) is 51.6 Å². The Labute approximate surface area is 125 Å². The third-order valence-corrected chi connectivity index (χ3v) is 5.40. The first kappa shape index (κ1) is 16.3. The topological polar surface area (TPSA) is 24.5 Å². The van der Waals surface area contributed by atoms with Crippen LogP contribution in [-0.2, 0) is 4.74 Å². The van der Waals surface area contributed by atoms with Gasteiger partial charge in [0.15, 0.2) is 0 Å². The van der Waals surface area contributed by atoms with Crippen molar-refractivity contribution in [1.82, 2.24) is 10.2 Å². The van der Waals surface area contributed by atoms with E-state index in [4.69, 9.17) is 4.74 Å². The van der Waals surface area contributed by atoms with Gasteiger partial charge < -0.3 is 10.1 Å². The molecule has 0 aromatic heterocycles. The summed E-state index contributed by atoms with van der Waals surface area (Å²) in [7, 11) is 1.82. The van der Waals surface area contributed by atoms with E-state index in [0.29, 0.717) is 0 Å². The van der Waals surface area contributed by atoms with Gasteiger partial charge in [0.05, 0.1) is 6.61 Å². The number of hydrogen-bond donors (Lipinski definition) is 1. The fourth-order valence-electron chi connectivity index (χ4n) is 3.96. The molecule has 2 fully saturated rings. The van der Waals surface area contributed by atoms with Crippen molar-refractivity contribution >= 4 is 0 Å². The summed E-state index contributed by atoms with van der Waals surface area (Å²) in [6.07, 6.45) is 8.32. The standard InChI is InChI=1S/C17H34N2O/c1-14(2)15-6-8-17(9-7-15)19(11-12-20-3)13-16-5-4-10-18-16/h14-18H,4-13H2,1-3H3. The SMILES string of the molecule is COCCN(CC1CCCN1)C1CCC(C(C)C)CC1. The fraction of sp³-hybridized carbons (Fsp3) is 1.00. The van der Waals surface area contributed by atoms with Gasteiger partial charge in [0.2, 0.25) is 0 Å². The zero-order valence-corrected chi connectivity index (χ0v) is 13.7. The van der Waals surface area contributed by atoms with E-state index in [1.807, 2.05) is 7.11 Å². The van der Waals surface area contributed by atoms with Crippen molar-refractivity contribution in [2.24, 2.45) is 11.8 Å². The van der Waals surface area contributed by atoms with Crippen LogP contribution in [0, 0.1) is 11.8 Å². The molecule has 0 radical (unpaired) electrons. The minimum absolute atomic E-state index is 0.717. The molecular weight excluding hydrogens is 248 g/mol. The second-order valence-electron chi connectivity index (χ2n) is 7.09. The molecule has 3 heteroatoms. The zero-order chi connectivity index (χ0) is 14.4. The van der Waals surface area contributed by atoms with Gasteiger partial charge in [0.1, 0.15) is 0 Å². The van der Waals surface area contributed by atoms with E-state index >= 15 is 0 Å². The normalized spacial score (nSPS) is 31.4. The van der Waals surface area contributed by atoms with Crippen molar-refractivity contribution in [2.45, 2.75) is 64.5 Å². The molecule has 0 aromatic rings. The summed E-state index contributed by atoms with van der Waals surface area (Å²) >= 11 is 0. The van der Waals surface area contributed by atoms with Crippen molar-refractivity contribution < 1.29 is 4.74 Å². The van der Waals surface area contributed by atoms with E-state index in [1.54, 1.807) is 0 Å². The number of nitrogens with zero attached hydrogens (tertiary/aromatic N) is 1. The molecule has 1 saturated carbocycles. The average molecular weight is 282 g/mol. The summed E-state index contributed by atoms with van der Waals surface area (Å²) in [6.45, 7) is 9.18. The molecule has 118 valence electrons. The van der Waals surface area contributed by atoms with Crippen LogP contribution in [0.15, 0.2) is 0 Å². The predicted molar refractivity (Wildman–Crippen MR) is 85.1 cm³/mol. The van der Waals surface area contributed by atoms with Crippen LogP contribution in [0.4, 0.5) is 0 Å². The second kappa shape index (κ2) is 8.35. The Bertz CT molecular complexity index is 256. The van der Waals surface area contributed by atoms with E-state index < -0.39 is 0 Å². The summed E-state index contributed by atoms with van der Waals surface area (Å²) in [6, 6.07) is 1.51. The summed E-state index contributed by atoms with van der Waals surface area (Å²) in [5.41, 5.74) is 0. The number of nitrogens with one attached hydrogen (secondary N) is 1. The van der Waals surface area contributed by atoms with Gasteiger partial charge in [-0.1, -0.05) is 13.8 Å². The van der Waals surface area contributed by atoms with E-state index in [-0.39, 0.29) is 0 Å². The van der Waals surface area contributed by atoms with E-state index in [2.05, 4.69) is 24.1 Å². The Kier molecular flexibility index (Phi) is 6.79. The minimum Gasteiger partial charge on any atom is -0.383 e. The van der Waals surface area contributed by atoms with Crippen molar-refractivity contribution in [2.75, 3.05) is 33.4 Å². The first-order valence-electron chi connectivity index (χ1n) is 8.67. The van der Waals surface area contributed by atoms with E-state index in [0.717, 1.165) is 37.1 Å². The number of hydrogen-bond acceptors (Lipinski definition) is 3. The molecule has 0 bridgehead atoms. The van der Waals surface area contributed by atoms with Gasteiger partial charge in [-0.3, -0.25) is 4.90 Å². The van der Waals surface area contributed by atoms with Gasteiger partial charge in [-0.25, -0.2) is 0 Å². The molecule has 1 heterocycles. The summed E-state index contributed by atoms with van der Waals surface area (Å²) in [4.78, 5) is 2.71. The predicted octanol–water partition coefficient (Wildman–Crippen LogP) is 2.90. The van der Waals surface area contributed by atoms with Crippen molar-refractivity contribution in [3.8, 4) is 0 Å². The van der Waals surface area contributed by atoms with Gasteiger partial charge in [-0.05, 0) is 56.9 Å². The van der Waals surface area contributed by atoms with Gasteiger partial charge >= 0.3 is 0 Å². The molecule has 1 unspecified atom stereocenters. The molecule has 0 aromatic carbocycles. The van der Waals surface area contributed by atoms with Gasteiger partial charge in [-0.2, -0.15) is 0 Å². The molecule has 2 rings (SSSR count). The first-order chi connectivity index (χ1) is 9.70. The highest BCUT2D eigenvalue weighted by molar-refractivity contribution is 4.85. The van der Waals surface area contributed by atoms with Crippen LogP contribution in [0.1, 0.15) is 52.4 Å². The molecule has 2 aliphatic rings. The van der Waals surface area contributed by atoms with Crippen molar-refractivity contribution in [3.63, 3.8) is 0 Å². The largest absolute Gasteiger partial charge is 0.383 e. The molecule has 20 heavy (non-hydrogen) atoms. The molecule has 1 atom stereocenters. The maximum absolute atomic E-state index is 5.32. The second-order valence-corrected chi connectivity index (χ2v) is 7.09. The lowest BCUT2D eigenvalue weighted by molar-refractivity contribution is 0.0805. The quantitative estimate of drug-likeness (QED) is 0.777. The number of rotatable bonds is 7. The average Bonchev–Trinajstić information content (AvgIpc) is 2.96. The van der Waals surface area contributed by atoms with Gasteiger partial charge in [0.25, 0.3) is 0 Å². The Morgan fingerprint density at radius 3 is 2.45 bits per heavy atom. The van der Waals surface area contributed by atoms with Crippen molar-refractivity contribution in [1.29, 1.82) is 0 Å². The lowest BCUT2D eigenvalue weighted by Gasteiger charge is -2.39. The molecule has 3 nitrogen and oxygen atoms in total. The Morgan fingerprint density at radius 1 is 1.15 bits per heavy atom. The van der Waals surface area contributed by atoms with E-state index in [9.17, 15) is 0 Å². The molecule has 1 aliphatic carbocycles. The Morgan fingerprint density at radius 2 is 1.90 bits per heavy atom. The van der Waals surface area contributed by atoms with Crippen LogP contribution in [0.2, 0.25) is 0 Å². The smallest absolute Gasteiger partial charge is 0.0589 e. The molecule has 0 spiro atoms. The third kappa shape index (κ3) is 4.71. The minimum atomic E-state index is 0.717. The zero-order valence-electron chi connectivity index (χ0n) is 13.7. The summed E-state index contributed by atoms with van der Waals surface area (Å²) in [5.74, 6) is 1.82. The monoisotopic (exact) mass is 282 g/mol. The highest BCUT2D eigenvalue weighted by Gasteiger charge is 2.28. The van der Waals surface area contributed by atoms with Gasteiger partial charge in [-0.15, -0.1) is 0 Å². The van der Waals surface area contributed by atoms with Crippen LogP contribution >= 0.6 is 0 Å². The van der Waals surface area contributed by atoms with Crippen LogP contribution in [-0.4, -0.2) is 50.3 Å². The summed E-state index contributed by atoms with van der Waals surface area (Å²) in [5, 5.41) is 3.65. The maximum atomic E-state index is 5.32. The molecular formula is C17H34N2O. The first-order valence-corrected chi connectivity index (χ1v) is 8.67. The number of ether oxygens (including phenoxy) is 1. The van der Waals surface area contributed by atoms with Gasteiger partial charge in [0, 0.05) is 32.3 Å². The Hall–Kier alpha value is -0.120. The van der Waals surface area contributed by atoms with Crippen LogP contribution in [0.3, 0.4) is 0 Å². The third-order valence-electron chi connectivity index (χ3n) is 5.40. The highest BCUT2D eigenvalue weighted by Crippen LogP contribution is 2.32. The fourth-order valence-corrected chi connectivity index (χ4v) is 3.96. The molecule has 0 amide bonds. The highest BCUT2D eigenvalue weighted by atomic mass is 16.5. The van der Waals surface area contributed by atoms with Crippen molar-refractivity contribution in [3.05, 3.63) is 0 Å². The summed E-state index contributed by atoms with van der Waals surface area (Å²) < 4.78 is 5.32. The maximum Gasteiger partial charge on any atom is 0.0589 e. The lowest BCUT2D eigenvalue weighted by atomic mass is 9.79. The van der Waals surface area contributed by atoms with Crippen LogP contribution in [0.25, 0.3) is 0 Å².